The van der Waals surface area contributed by atoms with Crippen LogP contribution in [0.25, 0.3) is 0 Å². The monoisotopic (exact) mass is 301 g/mol. The second-order valence-electron chi connectivity index (χ2n) is 5.79. The van der Waals surface area contributed by atoms with Gasteiger partial charge in [0.1, 0.15) is 0 Å². The van der Waals surface area contributed by atoms with Gasteiger partial charge in [-0.3, -0.25) is 0 Å². The van der Waals surface area contributed by atoms with Crippen LogP contribution in [0, 0.1) is 20.8 Å². The van der Waals surface area contributed by atoms with Gasteiger partial charge in [-0.05, 0) is 57.4 Å². The average molecular weight is 301 g/mol. The Bertz CT molecular complexity index is 627. The Morgan fingerprint density at radius 1 is 1.19 bits per heavy atom. The van der Waals surface area contributed by atoms with E-state index in [9.17, 15) is 0 Å². The summed E-state index contributed by atoms with van der Waals surface area (Å²) in [5.41, 5.74) is 5.05. The Morgan fingerprint density at radius 3 is 2.57 bits per heavy atom. The van der Waals surface area contributed by atoms with Gasteiger partial charge in [-0.15, -0.1) is 11.3 Å². The Morgan fingerprint density at radius 2 is 1.95 bits per heavy atom. The SMILES string of the molecule is Cc1nc(C)c(CNc2ccc(N3CCCC3)cc2C)s1. The summed E-state index contributed by atoms with van der Waals surface area (Å²) in [6.07, 6.45) is 2.64. The van der Waals surface area contributed by atoms with E-state index in [1.165, 1.54) is 47.7 Å². The highest BCUT2D eigenvalue weighted by Crippen LogP contribution is 2.26. The van der Waals surface area contributed by atoms with Crippen molar-refractivity contribution in [1.29, 1.82) is 0 Å². The first kappa shape index (κ1) is 14.4. The normalized spacial score (nSPS) is 14.7. The van der Waals surface area contributed by atoms with Crippen LogP contribution in [0.15, 0.2) is 18.2 Å². The van der Waals surface area contributed by atoms with E-state index in [1.807, 2.05) is 0 Å². The van der Waals surface area contributed by atoms with Crippen molar-refractivity contribution in [1.82, 2.24) is 4.98 Å². The first-order chi connectivity index (χ1) is 10.1. The fraction of sp³-hybridized carbons (Fsp3) is 0.471. The zero-order valence-corrected chi connectivity index (χ0v) is 13.9. The summed E-state index contributed by atoms with van der Waals surface area (Å²) in [4.78, 5) is 8.29. The largest absolute Gasteiger partial charge is 0.380 e. The van der Waals surface area contributed by atoms with Gasteiger partial charge < -0.3 is 10.2 Å². The Kier molecular flexibility index (Phi) is 4.15. The molecular formula is C17H23N3S. The lowest BCUT2D eigenvalue weighted by molar-refractivity contribution is 0.949. The molecule has 1 fully saturated rings. The topological polar surface area (TPSA) is 28.2 Å². The third-order valence-corrected chi connectivity index (χ3v) is 5.19. The van der Waals surface area contributed by atoms with Crippen molar-refractivity contribution in [3.63, 3.8) is 0 Å². The minimum Gasteiger partial charge on any atom is -0.380 e. The second-order valence-corrected chi connectivity index (χ2v) is 7.08. The van der Waals surface area contributed by atoms with Crippen LogP contribution in [0.2, 0.25) is 0 Å². The molecule has 1 N–H and O–H groups in total. The van der Waals surface area contributed by atoms with Crippen LogP contribution in [-0.2, 0) is 6.54 Å². The number of aromatic nitrogens is 1. The number of aryl methyl sites for hydroxylation is 3. The second kappa shape index (κ2) is 6.06. The van der Waals surface area contributed by atoms with Gasteiger partial charge in [0, 0.05) is 29.3 Å². The summed E-state index contributed by atoms with van der Waals surface area (Å²) in [6, 6.07) is 6.76. The van der Waals surface area contributed by atoms with Crippen LogP contribution in [-0.4, -0.2) is 18.1 Å². The number of anilines is 2. The lowest BCUT2D eigenvalue weighted by atomic mass is 10.1. The van der Waals surface area contributed by atoms with Crippen molar-refractivity contribution in [2.24, 2.45) is 0 Å². The van der Waals surface area contributed by atoms with Crippen molar-refractivity contribution >= 4 is 22.7 Å². The number of nitrogens with zero attached hydrogens (tertiary/aromatic N) is 2. The van der Waals surface area contributed by atoms with Gasteiger partial charge in [0.2, 0.25) is 0 Å². The molecule has 1 saturated heterocycles. The number of rotatable bonds is 4. The van der Waals surface area contributed by atoms with E-state index in [-0.39, 0.29) is 0 Å². The molecule has 2 aromatic rings. The molecular weight excluding hydrogens is 278 g/mol. The van der Waals surface area contributed by atoms with E-state index in [0.29, 0.717) is 0 Å². The van der Waals surface area contributed by atoms with E-state index >= 15 is 0 Å². The molecule has 1 aromatic heterocycles. The van der Waals surface area contributed by atoms with Gasteiger partial charge in [-0.2, -0.15) is 0 Å². The fourth-order valence-electron chi connectivity index (χ4n) is 2.93. The van der Waals surface area contributed by atoms with Crippen LogP contribution in [0.5, 0.6) is 0 Å². The Balaban J connectivity index is 1.69. The van der Waals surface area contributed by atoms with Gasteiger partial charge >= 0.3 is 0 Å². The van der Waals surface area contributed by atoms with Crippen LogP contribution < -0.4 is 10.2 Å². The Labute approximate surface area is 131 Å². The van der Waals surface area contributed by atoms with Crippen molar-refractivity contribution in [3.05, 3.63) is 39.3 Å². The van der Waals surface area contributed by atoms with E-state index in [4.69, 9.17) is 0 Å². The van der Waals surface area contributed by atoms with Crippen molar-refractivity contribution in [2.45, 2.75) is 40.2 Å². The highest BCUT2D eigenvalue weighted by molar-refractivity contribution is 7.11. The smallest absolute Gasteiger partial charge is 0.0900 e. The number of nitrogens with one attached hydrogen (secondary N) is 1. The summed E-state index contributed by atoms with van der Waals surface area (Å²) in [5.74, 6) is 0. The minimum absolute atomic E-state index is 0.862. The zero-order chi connectivity index (χ0) is 14.8. The fourth-order valence-corrected chi connectivity index (χ4v) is 3.81. The van der Waals surface area contributed by atoms with E-state index in [2.05, 4.69) is 54.2 Å². The number of thiazole rings is 1. The third kappa shape index (κ3) is 3.21. The molecule has 1 aliphatic heterocycles. The lowest BCUT2D eigenvalue weighted by Gasteiger charge is -2.19. The van der Waals surface area contributed by atoms with Crippen molar-refractivity contribution in [2.75, 3.05) is 23.3 Å². The van der Waals surface area contributed by atoms with Crippen LogP contribution in [0.4, 0.5) is 11.4 Å². The molecule has 3 nitrogen and oxygen atoms in total. The molecule has 3 rings (SSSR count). The Hall–Kier alpha value is -1.55. The summed E-state index contributed by atoms with van der Waals surface area (Å²) in [7, 11) is 0. The van der Waals surface area contributed by atoms with Crippen LogP contribution in [0.3, 0.4) is 0 Å². The third-order valence-electron chi connectivity index (χ3n) is 4.12. The van der Waals surface area contributed by atoms with Gasteiger partial charge in [-0.25, -0.2) is 4.98 Å². The summed E-state index contributed by atoms with van der Waals surface area (Å²) < 4.78 is 0. The predicted octanol–water partition coefficient (Wildman–Crippen LogP) is 4.28. The molecule has 2 heterocycles. The zero-order valence-electron chi connectivity index (χ0n) is 13.1. The molecule has 0 amide bonds. The first-order valence-electron chi connectivity index (χ1n) is 7.66. The molecule has 0 radical (unpaired) electrons. The molecule has 0 bridgehead atoms. The standard InChI is InChI=1S/C17H23N3S/c1-12-10-15(20-8-4-5-9-20)6-7-16(12)18-11-17-13(2)19-14(3)21-17/h6-7,10,18H,4-5,8-9,11H2,1-3H3. The minimum atomic E-state index is 0.862. The quantitative estimate of drug-likeness (QED) is 0.913. The van der Waals surface area contributed by atoms with E-state index < -0.39 is 0 Å². The maximum atomic E-state index is 4.48. The predicted molar refractivity (Wildman–Crippen MR) is 91.5 cm³/mol. The number of hydrogen-bond donors (Lipinski definition) is 1. The average Bonchev–Trinajstić information content (AvgIpc) is 3.07. The lowest BCUT2D eigenvalue weighted by Crippen LogP contribution is -2.17. The molecule has 21 heavy (non-hydrogen) atoms. The molecule has 1 aromatic carbocycles. The molecule has 112 valence electrons. The maximum Gasteiger partial charge on any atom is 0.0900 e. The molecule has 0 unspecified atom stereocenters. The molecule has 0 saturated carbocycles. The van der Waals surface area contributed by atoms with Gasteiger partial charge in [-0.1, -0.05) is 0 Å². The highest BCUT2D eigenvalue weighted by Gasteiger charge is 2.13. The first-order valence-corrected chi connectivity index (χ1v) is 8.47. The van der Waals surface area contributed by atoms with Crippen LogP contribution in [0.1, 0.15) is 34.0 Å². The van der Waals surface area contributed by atoms with Crippen molar-refractivity contribution < 1.29 is 0 Å². The summed E-state index contributed by atoms with van der Waals surface area (Å²) >= 11 is 1.78. The van der Waals surface area contributed by atoms with Gasteiger partial charge in [0.25, 0.3) is 0 Å². The van der Waals surface area contributed by atoms with Crippen molar-refractivity contribution in [3.8, 4) is 0 Å². The van der Waals surface area contributed by atoms with Crippen LogP contribution >= 0.6 is 11.3 Å². The summed E-state index contributed by atoms with van der Waals surface area (Å²) in [6.45, 7) is 9.60. The number of benzene rings is 1. The molecule has 1 aliphatic rings. The molecule has 4 heteroatoms. The number of hydrogen-bond acceptors (Lipinski definition) is 4. The van der Waals surface area contributed by atoms with Gasteiger partial charge in [0.05, 0.1) is 17.2 Å². The summed E-state index contributed by atoms with van der Waals surface area (Å²) in [5, 5.41) is 4.70. The van der Waals surface area contributed by atoms with E-state index in [0.717, 1.165) is 17.2 Å². The van der Waals surface area contributed by atoms with E-state index in [1.54, 1.807) is 11.3 Å². The molecule has 0 aliphatic carbocycles. The molecule has 0 spiro atoms. The highest BCUT2D eigenvalue weighted by atomic mass is 32.1. The maximum absolute atomic E-state index is 4.48. The van der Waals surface area contributed by atoms with Gasteiger partial charge in [0.15, 0.2) is 0 Å². The molecule has 0 atom stereocenters.